The predicted molar refractivity (Wildman–Crippen MR) is 127 cm³/mol. The van der Waals surface area contributed by atoms with E-state index in [0.717, 1.165) is 47.5 Å². The molecule has 0 bridgehead atoms. The minimum Gasteiger partial charge on any atom is -0.367 e. The van der Waals surface area contributed by atoms with Crippen molar-refractivity contribution >= 4 is 25.3 Å². The molecule has 2 saturated heterocycles. The van der Waals surface area contributed by atoms with Gasteiger partial charge in [0.05, 0.1) is 40.3 Å². The molecule has 7 nitrogen and oxygen atoms in total. The number of carbonyl (C=O) groups is 1. The second kappa shape index (κ2) is 7.53. The van der Waals surface area contributed by atoms with Gasteiger partial charge in [-0.3, -0.25) is 14.7 Å². The molecular formula is C24H29N6OP. The van der Waals surface area contributed by atoms with E-state index in [9.17, 15) is 4.79 Å². The third-order valence-corrected chi connectivity index (χ3v) is 8.88. The monoisotopic (exact) mass is 448 g/mol. The van der Waals surface area contributed by atoms with E-state index >= 15 is 0 Å². The molecule has 0 spiro atoms. The van der Waals surface area contributed by atoms with Crippen molar-refractivity contribution in [3.8, 4) is 0 Å². The molecule has 1 amide bonds. The van der Waals surface area contributed by atoms with Gasteiger partial charge in [0.15, 0.2) is 0 Å². The van der Waals surface area contributed by atoms with Crippen LogP contribution in [0.3, 0.4) is 0 Å². The predicted octanol–water partition coefficient (Wildman–Crippen LogP) is 3.12. The van der Waals surface area contributed by atoms with Crippen LogP contribution in [0.4, 0.5) is 0 Å². The lowest BCUT2D eigenvalue weighted by Crippen LogP contribution is -2.50. The minimum absolute atomic E-state index is 0.0521. The van der Waals surface area contributed by atoms with Gasteiger partial charge in [-0.25, -0.2) is 4.52 Å². The summed E-state index contributed by atoms with van der Waals surface area (Å²) in [4.78, 5) is 24.8. The summed E-state index contributed by atoms with van der Waals surface area (Å²) in [6.07, 6.45) is 10.7. The van der Waals surface area contributed by atoms with E-state index in [1.165, 1.54) is 30.7 Å². The van der Waals surface area contributed by atoms with E-state index in [1.54, 1.807) is 6.08 Å². The largest absolute Gasteiger partial charge is 0.367 e. The van der Waals surface area contributed by atoms with Gasteiger partial charge in [0.2, 0.25) is 0 Å². The summed E-state index contributed by atoms with van der Waals surface area (Å²) in [7, 11) is 0.475. The molecule has 0 N–H and O–H groups in total. The third kappa shape index (κ3) is 3.30. The fraction of sp³-hybridized carbons (Fsp3) is 0.458. The van der Waals surface area contributed by atoms with Crippen LogP contribution in [0.2, 0.25) is 0 Å². The molecule has 4 aliphatic rings. The summed E-state index contributed by atoms with van der Waals surface area (Å²) in [5.74, 6) is 0.140. The number of hydrogen-bond acceptors (Lipinski definition) is 5. The number of fused-ring (bicyclic) bond motifs is 3. The van der Waals surface area contributed by atoms with Crippen LogP contribution < -0.4 is 0 Å². The number of carbonyl (C=O) groups excluding carboxylic acids is 1. The molecule has 6 rings (SSSR count). The van der Waals surface area contributed by atoms with Crippen LogP contribution in [-0.2, 0) is 4.79 Å². The molecule has 8 heteroatoms. The van der Waals surface area contributed by atoms with Gasteiger partial charge in [-0.1, -0.05) is 8.58 Å². The maximum Gasteiger partial charge on any atom is 0.252 e. The second-order valence-corrected chi connectivity index (χ2v) is 10.8. The minimum atomic E-state index is 0.0521. The van der Waals surface area contributed by atoms with Gasteiger partial charge in [-0.15, -0.1) is 0 Å². The summed E-state index contributed by atoms with van der Waals surface area (Å²) in [6, 6.07) is 2.73. The van der Waals surface area contributed by atoms with Gasteiger partial charge in [0.25, 0.3) is 5.91 Å². The van der Waals surface area contributed by atoms with Gasteiger partial charge >= 0.3 is 0 Å². The Balaban J connectivity index is 1.29. The van der Waals surface area contributed by atoms with Crippen LogP contribution in [0.15, 0.2) is 41.9 Å². The lowest BCUT2D eigenvalue weighted by Gasteiger charge is -2.43. The third-order valence-electron chi connectivity index (χ3n) is 7.16. The van der Waals surface area contributed by atoms with Crippen LogP contribution in [-0.4, -0.2) is 73.2 Å². The highest BCUT2D eigenvalue weighted by Gasteiger charge is 2.36. The van der Waals surface area contributed by atoms with E-state index < -0.39 is 0 Å². The zero-order valence-corrected chi connectivity index (χ0v) is 19.9. The fourth-order valence-corrected chi connectivity index (χ4v) is 6.94. The van der Waals surface area contributed by atoms with E-state index in [1.807, 2.05) is 29.5 Å². The van der Waals surface area contributed by atoms with Crippen molar-refractivity contribution in [3.05, 3.63) is 59.0 Å². The van der Waals surface area contributed by atoms with Crippen molar-refractivity contribution in [1.29, 1.82) is 0 Å². The number of allylic oxidation sites excluding steroid dienone is 1. The average molecular weight is 449 g/mol. The van der Waals surface area contributed by atoms with Gasteiger partial charge in [-0.05, 0) is 57.9 Å². The van der Waals surface area contributed by atoms with E-state index in [2.05, 4.69) is 40.0 Å². The Labute approximate surface area is 190 Å². The Kier molecular flexibility index (Phi) is 4.74. The van der Waals surface area contributed by atoms with Crippen LogP contribution in [0.25, 0.3) is 10.8 Å². The summed E-state index contributed by atoms with van der Waals surface area (Å²) >= 11 is 0. The van der Waals surface area contributed by atoms with Crippen molar-refractivity contribution in [1.82, 2.24) is 29.3 Å². The smallest absolute Gasteiger partial charge is 0.252 e. The molecule has 2 aromatic rings. The average Bonchev–Trinajstić information content (AvgIpc) is 3.40. The zero-order valence-electron chi connectivity index (χ0n) is 18.9. The molecule has 166 valence electrons. The first kappa shape index (κ1) is 20.1. The Morgan fingerprint density at radius 3 is 2.88 bits per heavy atom. The molecule has 2 aromatic heterocycles. The van der Waals surface area contributed by atoms with E-state index in [-0.39, 0.29) is 11.7 Å². The van der Waals surface area contributed by atoms with Crippen molar-refractivity contribution in [2.45, 2.75) is 45.4 Å². The molecule has 0 aromatic carbocycles. The first-order valence-electron chi connectivity index (χ1n) is 11.5. The summed E-state index contributed by atoms with van der Waals surface area (Å²) < 4.78 is 1.89. The molecule has 4 aliphatic heterocycles. The molecule has 2 unspecified atom stereocenters. The lowest BCUT2D eigenvalue weighted by atomic mass is 10.1. The summed E-state index contributed by atoms with van der Waals surface area (Å²) in [6.45, 7) is 10.6. The highest BCUT2D eigenvalue weighted by atomic mass is 31.1. The standard InChI is InChI=1S/C24H29N6OP/c1-15-9-19(28-8-7-27-6-4-5-18(27)13-28)14-29-23(31)11-22(32-24(15)29)20-10-21-17(3)25-16(2)12-30(21)26-20/h9-12,14,18,24,32H,4-8,13H2,1-3H3/t18-,24?/m1/s1. The molecule has 0 saturated carbocycles. The summed E-state index contributed by atoms with van der Waals surface area (Å²) in [5, 5.41) is 5.80. The first-order valence-corrected chi connectivity index (χ1v) is 12.6. The van der Waals surface area contributed by atoms with E-state index in [4.69, 9.17) is 5.10 Å². The number of piperazine rings is 1. The maximum atomic E-state index is 13.2. The number of hydrogen-bond donors (Lipinski definition) is 0. The van der Waals surface area contributed by atoms with Crippen LogP contribution in [0, 0.1) is 13.8 Å². The molecule has 6 heterocycles. The van der Waals surface area contributed by atoms with Gasteiger partial charge in [-0.2, -0.15) is 5.10 Å². The zero-order chi connectivity index (χ0) is 22.0. The SMILES string of the molecule is CC1=CC(N2CCN3CCC[C@@H]3C2)=CN2C(=O)C=C(c3cc4c(C)nc(C)cn4n3)PC12. The molecule has 2 fully saturated rings. The van der Waals surface area contributed by atoms with Crippen molar-refractivity contribution < 1.29 is 4.79 Å². The molecular weight excluding hydrogens is 419 g/mol. The van der Waals surface area contributed by atoms with Crippen LogP contribution >= 0.6 is 8.58 Å². The normalized spacial score (nSPS) is 26.8. The van der Waals surface area contributed by atoms with Crippen molar-refractivity contribution in [2.24, 2.45) is 0 Å². The number of aromatic nitrogens is 3. The van der Waals surface area contributed by atoms with Crippen molar-refractivity contribution in [3.63, 3.8) is 0 Å². The molecule has 0 aliphatic carbocycles. The van der Waals surface area contributed by atoms with Gasteiger partial charge in [0, 0.05) is 43.3 Å². The molecule has 32 heavy (non-hydrogen) atoms. The highest BCUT2D eigenvalue weighted by Crippen LogP contribution is 2.47. The second-order valence-electron chi connectivity index (χ2n) is 9.40. The first-order chi connectivity index (χ1) is 15.5. The summed E-state index contributed by atoms with van der Waals surface area (Å²) in [5.41, 5.74) is 6.22. The Morgan fingerprint density at radius 1 is 1.12 bits per heavy atom. The Hall–Kier alpha value is -2.50. The van der Waals surface area contributed by atoms with Crippen LogP contribution in [0.5, 0.6) is 0 Å². The van der Waals surface area contributed by atoms with Gasteiger partial charge in [0.1, 0.15) is 0 Å². The van der Waals surface area contributed by atoms with Crippen molar-refractivity contribution in [2.75, 3.05) is 26.2 Å². The fourth-order valence-electron chi connectivity index (χ4n) is 5.52. The lowest BCUT2D eigenvalue weighted by molar-refractivity contribution is -0.124. The Morgan fingerprint density at radius 2 is 2.00 bits per heavy atom. The van der Waals surface area contributed by atoms with Gasteiger partial charge < -0.3 is 9.80 Å². The molecule has 3 atom stereocenters. The van der Waals surface area contributed by atoms with Crippen LogP contribution in [0.1, 0.15) is 36.8 Å². The topological polar surface area (TPSA) is 57.0 Å². The van der Waals surface area contributed by atoms with E-state index in [0.29, 0.717) is 14.6 Å². The number of amides is 1. The number of rotatable bonds is 2. The number of nitrogens with zero attached hydrogens (tertiary/aromatic N) is 6. The Bertz CT molecular complexity index is 1210. The highest BCUT2D eigenvalue weighted by molar-refractivity contribution is 7.51. The molecule has 0 radical (unpaired) electrons. The number of aryl methyl sites for hydroxylation is 2. The quantitative estimate of drug-likeness (QED) is 0.661. The maximum absolute atomic E-state index is 13.2.